The smallest absolute Gasteiger partial charge is 0.243 e. The summed E-state index contributed by atoms with van der Waals surface area (Å²) < 4.78 is 0. The standard InChI is InChI=1S/C17H22N6O2S/c1-12(15(24)21-17-22-20-11-26-17)23-8-5-13(6-9-23)16(25)19-10-14-4-2-3-7-18-14/h2-4,7,11-13H,5-6,8-10H2,1H3,(H,19,25)(H,21,22,24). The Morgan fingerprint density at radius 3 is 2.81 bits per heavy atom. The summed E-state index contributed by atoms with van der Waals surface area (Å²) in [6.07, 6.45) is 3.20. The van der Waals surface area contributed by atoms with Crippen molar-refractivity contribution in [2.75, 3.05) is 18.4 Å². The molecule has 3 heterocycles. The predicted octanol–water partition coefficient (Wildman–Crippen LogP) is 1.29. The van der Waals surface area contributed by atoms with E-state index in [1.54, 1.807) is 11.7 Å². The van der Waals surface area contributed by atoms with E-state index in [0.29, 0.717) is 24.8 Å². The van der Waals surface area contributed by atoms with Crippen molar-refractivity contribution in [3.05, 3.63) is 35.6 Å². The lowest BCUT2D eigenvalue weighted by atomic mass is 9.95. The lowest BCUT2D eigenvalue weighted by Crippen LogP contribution is -2.48. The third-order valence-corrected chi connectivity index (χ3v) is 5.19. The molecule has 138 valence electrons. The van der Waals surface area contributed by atoms with Crippen molar-refractivity contribution in [2.45, 2.75) is 32.4 Å². The van der Waals surface area contributed by atoms with Crippen LogP contribution in [0, 0.1) is 5.92 Å². The topological polar surface area (TPSA) is 100 Å². The molecule has 0 radical (unpaired) electrons. The number of amides is 2. The molecule has 0 aliphatic carbocycles. The normalized spacial score (nSPS) is 16.8. The molecule has 1 fully saturated rings. The summed E-state index contributed by atoms with van der Waals surface area (Å²) in [6, 6.07) is 5.38. The monoisotopic (exact) mass is 374 g/mol. The van der Waals surface area contributed by atoms with Crippen molar-refractivity contribution in [3.63, 3.8) is 0 Å². The predicted molar refractivity (Wildman–Crippen MR) is 98.4 cm³/mol. The van der Waals surface area contributed by atoms with Crippen LogP contribution in [-0.2, 0) is 16.1 Å². The number of nitrogens with one attached hydrogen (secondary N) is 2. The molecular weight excluding hydrogens is 352 g/mol. The van der Waals surface area contributed by atoms with Crippen LogP contribution in [0.2, 0.25) is 0 Å². The zero-order valence-corrected chi connectivity index (χ0v) is 15.4. The van der Waals surface area contributed by atoms with Gasteiger partial charge in [0.2, 0.25) is 16.9 Å². The van der Waals surface area contributed by atoms with E-state index in [-0.39, 0.29) is 23.8 Å². The molecule has 2 aromatic rings. The largest absolute Gasteiger partial charge is 0.350 e. The van der Waals surface area contributed by atoms with E-state index in [9.17, 15) is 9.59 Å². The quantitative estimate of drug-likeness (QED) is 0.790. The van der Waals surface area contributed by atoms with Crippen LogP contribution in [0.25, 0.3) is 0 Å². The molecule has 1 unspecified atom stereocenters. The number of nitrogens with zero attached hydrogens (tertiary/aromatic N) is 4. The minimum absolute atomic E-state index is 0.0200. The summed E-state index contributed by atoms with van der Waals surface area (Å²) in [7, 11) is 0. The molecule has 9 heteroatoms. The van der Waals surface area contributed by atoms with Crippen LogP contribution in [0.1, 0.15) is 25.5 Å². The van der Waals surface area contributed by atoms with Crippen LogP contribution in [-0.4, -0.2) is 51.0 Å². The number of hydrogen-bond acceptors (Lipinski definition) is 7. The first-order valence-corrected chi connectivity index (χ1v) is 9.50. The van der Waals surface area contributed by atoms with E-state index in [2.05, 4.69) is 30.7 Å². The summed E-state index contributed by atoms with van der Waals surface area (Å²) in [5.74, 6) is -0.0607. The third-order valence-electron chi connectivity index (χ3n) is 4.59. The molecule has 1 saturated heterocycles. The van der Waals surface area contributed by atoms with Crippen LogP contribution in [0.5, 0.6) is 0 Å². The van der Waals surface area contributed by atoms with Crippen LogP contribution in [0.15, 0.2) is 29.9 Å². The zero-order chi connectivity index (χ0) is 18.4. The molecule has 2 aromatic heterocycles. The molecule has 1 atom stereocenters. The molecule has 1 aliphatic rings. The summed E-state index contributed by atoms with van der Waals surface area (Å²) in [4.78, 5) is 30.9. The lowest BCUT2D eigenvalue weighted by Gasteiger charge is -2.34. The first-order valence-electron chi connectivity index (χ1n) is 8.62. The van der Waals surface area contributed by atoms with Crippen molar-refractivity contribution in [1.82, 2.24) is 25.4 Å². The summed E-state index contributed by atoms with van der Waals surface area (Å²) in [5.41, 5.74) is 2.43. The molecule has 0 aromatic carbocycles. The van der Waals surface area contributed by atoms with Crippen molar-refractivity contribution in [2.24, 2.45) is 5.92 Å². The second kappa shape index (κ2) is 8.81. The molecule has 1 aliphatic heterocycles. The highest BCUT2D eigenvalue weighted by atomic mass is 32.1. The third kappa shape index (κ3) is 4.83. The number of hydrogen-bond donors (Lipinski definition) is 2. The molecule has 8 nitrogen and oxygen atoms in total. The fourth-order valence-corrected chi connectivity index (χ4v) is 3.42. The van der Waals surface area contributed by atoms with Gasteiger partial charge in [0.05, 0.1) is 18.3 Å². The van der Waals surface area contributed by atoms with Gasteiger partial charge in [0, 0.05) is 12.1 Å². The van der Waals surface area contributed by atoms with Gasteiger partial charge >= 0.3 is 0 Å². The molecular formula is C17H22N6O2S. The van der Waals surface area contributed by atoms with E-state index in [1.807, 2.05) is 25.1 Å². The van der Waals surface area contributed by atoms with Crippen molar-refractivity contribution >= 4 is 28.3 Å². The molecule has 2 amide bonds. The summed E-state index contributed by atoms with van der Waals surface area (Å²) in [5, 5.41) is 13.8. The highest BCUT2D eigenvalue weighted by molar-refractivity contribution is 7.13. The van der Waals surface area contributed by atoms with Gasteiger partial charge < -0.3 is 5.32 Å². The number of pyridine rings is 1. The lowest BCUT2D eigenvalue weighted by molar-refractivity contribution is -0.127. The van der Waals surface area contributed by atoms with Gasteiger partial charge in [0.15, 0.2) is 0 Å². The van der Waals surface area contributed by atoms with Gasteiger partial charge in [0.1, 0.15) is 5.51 Å². The number of carbonyl (C=O) groups is 2. The molecule has 0 bridgehead atoms. The maximum atomic E-state index is 12.3. The summed E-state index contributed by atoms with van der Waals surface area (Å²) >= 11 is 1.29. The van der Waals surface area contributed by atoms with Crippen molar-refractivity contribution < 1.29 is 9.59 Å². The number of likely N-dealkylation sites (tertiary alicyclic amines) is 1. The highest BCUT2D eigenvalue weighted by Crippen LogP contribution is 2.20. The minimum atomic E-state index is -0.267. The average Bonchev–Trinajstić information content (AvgIpc) is 3.19. The van der Waals surface area contributed by atoms with E-state index in [4.69, 9.17) is 0 Å². The Bertz CT molecular complexity index is 716. The van der Waals surface area contributed by atoms with Gasteiger partial charge in [-0.15, -0.1) is 10.2 Å². The van der Waals surface area contributed by atoms with E-state index in [0.717, 1.165) is 18.5 Å². The second-order valence-electron chi connectivity index (χ2n) is 6.26. The van der Waals surface area contributed by atoms with Crippen LogP contribution >= 0.6 is 11.3 Å². The number of rotatable bonds is 6. The van der Waals surface area contributed by atoms with Gasteiger partial charge in [-0.25, -0.2) is 0 Å². The average molecular weight is 374 g/mol. The fourth-order valence-electron chi connectivity index (χ4n) is 2.98. The van der Waals surface area contributed by atoms with E-state index in [1.165, 1.54) is 11.3 Å². The SMILES string of the molecule is CC(C(=O)Nc1nncs1)N1CCC(C(=O)NCc2ccccn2)CC1. The molecule has 3 rings (SSSR count). The Kier molecular flexibility index (Phi) is 6.24. The van der Waals surface area contributed by atoms with Crippen molar-refractivity contribution in [1.29, 1.82) is 0 Å². The molecule has 2 N–H and O–H groups in total. The zero-order valence-electron chi connectivity index (χ0n) is 14.6. The number of piperidine rings is 1. The van der Waals surface area contributed by atoms with Crippen LogP contribution < -0.4 is 10.6 Å². The first-order chi connectivity index (χ1) is 12.6. The van der Waals surface area contributed by atoms with Gasteiger partial charge in [0.25, 0.3) is 0 Å². The van der Waals surface area contributed by atoms with E-state index < -0.39 is 0 Å². The van der Waals surface area contributed by atoms with Crippen LogP contribution in [0.4, 0.5) is 5.13 Å². The Morgan fingerprint density at radius 1 is 1.35 bits per heavy atom. The Hall–Kier alpha value is -2.39. The van der Waals surface area contributed by atoms with E-state index >= 15 is 0 Å². The Labute approximate surface area is 156 Å². The van der Waals surface area contributed by atoms with Gasteiger partial charge in [-0.2, -0.15) is 0 Å². The van der Waals surface area contributed by atoms with Gasteiger partial charge in [-0.05, 0) is 45.0 Å². The number of carbonyl (C=O) groups excluding carboxylic acids is 2. The maximum Gasteiger partial charge on any atom is 0.243 e. The first kappa shape index (κ1) is 18.4. The fraction of sp³-hybridized carbons (Fsp3) is 0.471. The van der Waals surface area contributed by atoms with Crippen LogP contribution in [0.3, 0.4) is 0 Å². The number of anilines is 1. The Balaban J connectivity index is 1.43. The highest BCUT2D eigenvalue weighted by Gasteiger charge is 2.29. The van der Waals surface area contributed by atoms with Crippen molar-refractivity contribution in [3.8, 4) is 0 Å². The molecule has 0 saturated carbocycles. The molecule has 0 spiro atoms. The minimum Gasteiger partial charge on any atom is -0.350 e. The van der Waals surface area contributed by atoms with Gasteiger partial charge in [-0.1, -0.05) is 17.4 Å². The Morgan fingerprint density at radius 2 is 2.15 bits per heavy atom. The molecule has 26 heavy (non-hydrogen) atoms. The second-order valence-corrected chi connectivity index (χ2v) is 7.09. The van der Waals surface area contributed by atoms with Gasteiger partial charge in [-0.3, -0.25) is 24.8 Å². The summed E-state index contributed by atoms with van der Waals surface area (Å²) in [6.45, 7) is 3.75. The maximum absolute atomic E-state index is 12.3. The number of aromatic nitrogens is 3.